The number of aliphatic carboxylic acids is 1. The fourth-order valence-electron chi connectivity index (χ4n) is 4.28. The molecule has 1 amide bonds. The van der Waals surface area contributed by atoms with Crippen LogP contribution in [0.2, 0.25) is 5.02 Å². The summed E-state index contributed by atoms with van der Waals surface area (Å²) < 4.78 is 11.7. The first-order valence-corrected chi connectivity index (χ1v) is 13.0. The van der Waals surface area contributed by atoms with Crippen molar-refractivity contribution in [1.82, 2.24) is 5.32 Å². The van der Waals surface area contributed by atoms with E-state index in [2.05, 4.69) is 5.32 Å². The molecule has 0 heterocycles. The Bertz CT molecular complexity index is 1070. The number of rotatable bonds is 12. The molecule has 0 atom stereocenters. The molecule has 36 heavy (non-hydrogen) atoms. The van der Waals surface area contributed by atoms with E-state index in [4.69, 9.17) is 26.2 Å². The maximum Gasteiger partial charge on any atom is 0.306 e. The molecule has 192 valence electrons. The van der Waals surface area contributed by atoms with Gasteiger partial charge < -0.3 is 19.9 Å². The van der Waals surface area contributed by atoms with Crippen LogP contribution in [0.5, 0.6) is 11.5 Å². The van der Waals surface area contributed by atoms with E-state index in [9.17, 15) is 14.4 Å². The van der Waals surface area contributed by atoms with Gasteiger partial charge in [-0.25, -0.2) is 0 Å². The van der Waals surface area contributed by atoms with Crippen molar-refractivity contribution < 1.29 is 29.0 Å². The lowest BCUT2D eigenvalue weighted by atomic mass is 9.87. The van der Waals surface area contributed by atoms with Crippen LogP contribution in [0.1, 0.15) is 72.1 Å². The number of carboxylic acid groups (broad SMARTS) is 1. The van der Waals surface area contributed by atoms with Crippen LogP contribution in [-0.2, 0) is 4.79 Å². The summed E-state index contributed by atoms with van der Waals surface area (Å²) in [6, 6.07) is 12.0. The number of ether oxygens (including phenoxy) is 2. The standard InChI is InChI=1S/C28H32ClNO6/c29-24-14-9-21(16-26(24)35-17-18-3-4-18)27(32)30-15-1-2-25(31)19-5-10-22(11-6-19)36-23-12-7-20(8-13-23)28(33)34/h5-6,9-11,14,16,18,20,23H,1-4,7-8,12-13,15,17H2,(H,30,32)(H,33,34). The third-order valence-corrected chi connectivity index (χ3v) is 7.05. The van der Waals surface area contributed by atoms with Crippen LogP contribution in [0, 0.1) is 11.8 Å². The van der Waals surface area contributed by atoms with Crippen LogP contribution < -0.4 is 14.8 Å². The second kappa shape index (κ2) is 12.3. The summed E-state index contributed by atoms with van der Waals surface area (Å²) in [6.45, 7) is 0.999. The van der Waals surface area contributed by atoms with Gasteiger partial charge in [0.05, 0.1) is 23.7 Å². The minimum Gasteiger partial charge on any atom is -0.492 e. The monoisotopic (exact) mass is 513 g/mol. The quantitative estimate of drug-likeness (QED) is 0.285. The molecule has 2 N–H and O–H groups in total. The second-order valence-corrected chi connectivity index (χ2v) is 10.0. The first-order chi connectivity index (χ1) is 17.4. The van der Waals surface area contributed by atoms with Gasteiger partial charge in [0.15, 0.2) is 5.78 Å². The Kier molecular flexibility index (Phi) is 8.86. The van der Waals surface area contributed by atoms with E-state index in [1.165, 1.54) is 12.8 Å². The molecule has 2 saturated carbocycles. The highest BCUT2D eigenvalue weighted by Gasteiger charge is 2.27. The molecule has 0 bridgehead atoms. The number of carbonyl (C=O) groups excluding carboxylic acids is 2. The zero-order valence-electron chi connectivity index (χ0n) is 20.2. The van der Waals surface area contributed by atoms with E-state index in [0.717, 1.165) is 0 Å². The van der Waals surface area contributed by atoms with Crippen molar-refractivity contribution in [3.05, 3.63) is 58.6 Å². The molecule has 2 aromatic carbocycles. The highest BCUT2D eigenvalue weighted by molar-refractivity contribution is 6.32. The van der Waals surface area contributed by atoms with Crippen LogP contribution >= 0.6 is 11.6 Å². The van der Waals surface area contributed by atoms with Crippen molar-refractivity contribution in [2.75, 3.05) is 13.2 Å². The van der Waals surface area contributed by atoms with Gasteiger partial charge in [0.25, 0.3) is 5.91 Å². The molecule has 8 heteroatoms. The smallest absolute Gasteiger partial charge is 0.306 e. The second-order valence-electron chi connectivity index (χ2n) is 9.64. The Morgan fingerprint density at radius 2 is 1.64 bits per heavy atom. The fraction of sp³-hybridized carbons (Fsp3) is 0.464. The number of hydrogen-bond acceptors (Lipinski definition) is 5. The molecule has 2 aliphatic rings. The van der Waals surface area contributed by atoms with E-state index < -0.39 is 5.97 Å². The molecule has 0 saturated heterocycles. The zero-order chi connectivity index (χ0) is 25.5. The van der Waals surface area contributed by atoms with E-state index in [-0.39, 0.29) is 23.7 Å². The highest BCUT2D eigenvalue weighted by Crippen LogP contribution is 2.32. The number of halogens is 1. The van der Waals surface area contributed by atoms with E-state index in [1.54, 1.807) is 42.5 Å². The van der Waals surface area contributed by atoms with Crippen LogP contribution in [0.3, 0.4) is 0 Å². The normalized spacial score (nSPS) is 19.4. The Hall–Kier alpha value is -3.06. The Morgan fingerprint density at radius 3 is 2.31 bits per heavy atom. The maximum atomic E-state index is 12.5. The Labute approximate surface area is 216 Å². The van der Waals surface area contributed by atoms with Crippen molar-refractivity contribution in [2.45, 2.75) is 57.5 Å². The van der Waals surface area contributed by atoms with E-state index in [1.807, 2.05) is 0 Å². The van der Waals surface area contributed by atoms with E-state index >= 15 is 0 Å². The minimum absolute atomic E-state index is 0.0000190. The molecule has 2 aromatic rings. The number of amides is 1. The molecule has 0 aromatic heterocycles. The van der Waals surface area contributed by atoms with Crippen molar-refractivity contribution in [2.24, 2.45) is 11.8 Å². The largest absolute Gasteiger partial charge is 0.492 e. The molecule has 0 aliphatic heterocycles. The van der Waals surface area contributed by atoms with Crippen LogP contribution in [0.4, 0.5) is 0 Å². The summed E-state index contributed by atoms with van der Waals surface area (Å²) in [7, 11) is 0. The summed E-state index contributed by atoms with van der Waals surface area (Å²) in [5, 5.41) is 12.4. The Balaban J connectivity index is 1.17. The van der Waals surface area contributed by atoms with Gasteiger partial charge in [-0.3, -0.25) is 14.4 Å². The number of benzene rings is 2. The predicted octanol–water partition coefficient (Wildman–Crippen LogP) is 5.54. The summed E-state index contributed by atoms with van der Waals surface area (Å²) >= 11 is 6.18. The van der Waals surface area contributed by atoms with Crippen molar-refractivity contribution in [3.63, 3.8) is 0 Å². The molecule has 0 unspecified atom stereocenters. The summed E-state index contributed by atoms with van der Waals surface area (Å²) in [5.74, 6) is 0.556. The lowest BCUT2D eigenvalue weighted by molar-refractivity contribution is -0.143. The van der Waals surface area contributed by atoms with Gasteiger partial charge in [0, 0.05) is 24.1 Å². The van der Waals surface area contributed by atoms with Crippen LogP contribution in [0.25, 0.3) is 0 Å². The number of carbonyl (C=O) groups is 3. The van der Waals surface area contributed by atoms with Crippen molar-refractivity contribution >= 4 is 29.3 Å². The topological polar surface area (TPSA) is 102 Å². The third-order valence-electron chi connectivity index (χ3n) is 6.73. The number of ketones is 1. The first-order valence-electron chi connectivity index (χ1n) is 12.6. The Morgan fingerprint density at radius 1 is 0.944 bits per heavy atom. The zero-order valence-corrected chi connectivity index (χ0v) is 21.0. The number of Topliss-reactive ketones (excluding diaryl/α,β-unsaturated/α-hetero) is 1. The maximum absolute atomic E-state index is 12.5. The average Bonchev–Trinajstić information content (AvgIpc) is 3.71. The van der Waals surface area contributed by atoms with Gasteiger partial charge in [-0.15, -0.1) is 0 Å². The lowest BCUT2D eigenvalue weighted by Gasteiger charge is -2.26. The van der Waals surface area contributed by atoms with Gasteiger partial charge in [-0.05, 0) is 93.3 Å². The molecule has 7 nitrogen and oxygen atoms in total. The van der Waals surface area contributed by atoms with Gasteiger partial charge in [-0.2, -0.15) is 0 Å². The SMILES string of the molecule is O=C(CCCNC(=O)c1ccc(Cl)c(OCC2CC2)c1)c1ccc(OC2CCC(C(=O)O)CC2)cc1. The number of hydrogen-bond donors (Lipinski definition) is 2. The summed E-state index contributed by atoms with van der Waals surface area (Å²) in [6.07, 6.45) is 5.87. The van der Waals surface area contributed by atoms with Crippen LogP contribution in [0.15, 0.2) is 42.5 Å². The fourth-order valence-corrected chi connectivity index (χ4v) is 4.46. The van der Waals surface area contributed by atoms with Gasteiger partial charge >= 0.3 is 5.97 Å². The molecular formula is C28H32ClNO6. The molecule has 4 rings (SSSR count). The molecule has 0 spiro atoms. The molecular weight excluding hydrogens is 482 g/mol. The minimum atomic E-state index is -0.733. The van der Waals surface area contributed by atoms with Gasteiger partial charge in [0.1, 0.15) is 11.5 Å². The van der Waals surface area contributed by atoms with Crippen LogP contribution in [-0.4, -0.2) is 42.0 Å². The van der Waals surface area contributed by atoms with E-state index in [0.29, 0.717) is 85.2 Å². The highest BCUT2D eigenvalue weighted by atomic mass is 35.5. The predicted molar refractivity (Wildman–Crippen MR) is 136 cm³/mol. The molecule has 2 aliphatic carbocycles. The van der Waals surface area contributed by atoms with Gasteiger partial charge in [-0.1, -0.05) is 11.6 Å². The van der Waals surface area contributed by atoms with Crippen molar-refractivity contribution in [1.29, 1.82) is 0 Å². The average molecular weight is 514 g/mol. The molecule has 0 radical (unpaired) electrons. The first kappa shape index (κ1) is 26.0. The van der Waals surface area contributed by atoms with Crippen molar-refractivity contribution in [3.8, 4) is 11.5 Å². The number of nitrogens with one attached hydrogen (secondary N) is 1. The molecule has 2 fully saturated rings. The lowest BCUT2D eigenvalue weighted by Crippen LogP contribution is -2.27. The summed E-state index contributed by atoms with van der Waals surface area (Å²) in [4.78, 5) is 36.1. The van der Waals surface area contributed by atoms with Gasteiger partial charge in [0.2, 0.25) is 0 Å². The summed E-state index contributed by atoms with van der Waals surface area (Å²) in [5.41, 5.74) is 1.07. The third kappa shape index (κ3) is 7.47. The number of carboxylic acids is 1.